The second-order valence-electron chi connectivity index (χ2n) is 4.27. The number of aryl methyl sites for hydroxylation is 1. The predicted molar refractivity (Wildman–Crippen MR) is 83.2 cm³/mol. The van der Waals surface area contributed by atoms with Gasteiger partial charge >= 0.3 is 0 Å². The Bertz CT molecular complexity index is 655. The summed E-state index contributed by atoms with van der Waals surface area (Å²) in [6.07, 6.45) is 2.46. The molecule has 0 unspecified atom stereocenters. The Balaban J connectivity index is 2.36. The number of H-pyrrole nitrogens is 1. The maximum Gasteiger partial charge on any atom is 0.260 e. The fourth-order valence-corrected chi connectivity index (χ4v) is 2.53. The van der Waals surface area contributed by atoms with Crippen molar-refractivity contribution in [2.75, 3.05) is 19.5 Å². The van der Waals surface area contributed by atoms with Gasteiger partial charge in [-0.3, -0.25) is 9.89 Å². The number of methoxy groups -OCH3 is 2. The molecule has 0 fully saturated rings. The molecule has 0 saturated carbocycles. The van der Waals surface area contributed by atoms with Crippen LogP contribution in [-0.2, 0) is 6.42 Å². The SMILES string of the molecule is CCc1cn[nH]c1NC(=O)c1cc(OC)cc(Br)c1OC. The third-order valence-electron chi connectivity index (χ3n) is 3.04. The summed E-state index contributed by atoms with van der Waals surface area (Å²) in [4.78, 5) is 12.5. The van der Waals surface area contributed by atoms with Crippen molar-refractivity contribution < 1.29 is 14.3 Å². The Kier molecular flexibility index (Phi) is 4.85. The van der Waals surface area contributed by atoms with Gasteiger partial charge in [0.25, 0.3) is 5.91 Å². The lowest BCUT2D eigenvalue weighted by atomic mass is 10.1. The first kappa shape index (κ1) is 15.4. The zero-order chi connectivity index (χ0) is 15.4. The summed E-state index contributed by atoms with van der Waals surface area (Å²) < 4.78 is 11.1. The number of ether oxygens (including phenoxy) is 2. The fraction of sp³-hybridized carbons (Fsp3) is 0.286. The minimum absolute atomic E-state index is 0.301. The molecule has 2 rings (SSSR count). The number of carbonyl (C=O) groups excluding carboxylic acids is 1. The van der Waals surface area contributed by atoms with Crippen LogP contribution >= 0.6 is 15.9 Å². The smallest absolute Gasteiger partial charge is 0.260 e. The highest BCUT2D eigenvalue weighted by Gasteiger charge is 2.18. The Labute approximate surface area is 131 Å². The van der Waals surface area contributed by atoms with E-state index in [-0.39, 0.29) is 5.91 Å². The number of hydrogen-bond donors (Lipinski definition) is 2. The molecule has 6 nitrogen and oxygen atoms in total. The van der Waals surface area contributed by atoms with Crippen molar-refractivity contribution in [3.05, 3.63) is 33.9 Å². The summed E-state index contributed by atoms with van der Waals surface area (Å²) in [5.74, 6) is 1.30. The number of amides is 1. The number of hydrogen-bond acceptors (Lipinski definition) is 4. The lowest BCUT2D eigenvalue weighted by Crippen LogP contribution is -2.15. The molecule has 0 aliphatic carbocycles. The summed E-state index contributed by atoms with van der Waals surface area (Å²) in [5.41, 5.74) is 1.31. The average molecular weight is 354 g/mol. The van der Waals surface area contributed by atoms with Crippen LogP contribution in [0.4, 0.5) is 5.82 Å². The molecule has 0 saturated heterocycles. The topological polar surface area (TPSA) is 76.2 Å². The molecule has 0 radical (unpaired) electrons. The van der Waals surface area contributed by atoms with Gasteiger partial charge in [-0.05, 0) is 34.5 Å². The van der Waals surface area contributed by atoms with Crippen LogP contribution in [-0.4, -0.2) is 30.3 Å². The highest BCUT2D eigenvalue weighted by Crippen LogP contribution is 2.34. The first-order chi connectivity index (χ1) is 10.1. The van der Waals surface area contributed by atoms with Crippen molar-refractivity contribution in [2.24, 2.45) is 0 Å². The Hall–Kier alpha value is -2.02. The van der Waals surface area contributed by atoms with Crippen LogP contribution in [0.15, 0.2) is 22.8 Å². The number of benzene rings is 1. The van der Waals surface area contributed by atoms with Gasteiger partial charge < -0.3 is 14.8 Å². The van der Waals surface area contributed by atoms with E-state index in [0.717, 1.165) is 12.0 Å². The van der Waals surface area contributed by atoms with Gasteiger partial charge in [0.05, 0.1) is 30.5 Å². The number of aromatic nitrogens is 2. The molecule has 1 aromatic heterocycles. The molecule has 1 amide bonds. The Morgan fingerprint density at radius 2 is 2.14 bits per heavy atom. The zero-order valence-corrected chi connectivity index (χ0v) is 13.6. The molecule has 112 valence electrons. The van der Waals surface area contributed by atoms with Crippen LogP contribution in [0.1, 0.15) is 22.8 Å². The molecule has 1 heterocycles. The molecule has 2 N–H and O–H groups in total. The van der Waals surface area contributed by atoms with Crippen LogP contribution in [0, 0.1) is 0 Å². The second kappa shape index (κ2) is 6.62. The molecule has 2 aromatic rings. The third kappa shape index (κ3) is 3.18. The van der Waals surface area contributed by atoms with E-state index in [1.807, 2.05) is 6.92 Å². The first-order valence-electron chi connectivity index (χ1n) is 6.35. The van der Waals surface area contributed by atoms with E-state index in [1.54, 1.807) is 25.4 Å². The standard InChI is InChI=1S/C14H16BrN3O3/c1-4-8-7-16-18-13(8)17-14(19)10-5-9(20-2)6-11(15)12(10)21-3/h5-7H,4H2,1-3H3,(H2,16,17,18,19). The normalized spacial score (nSPS) is 10.3. The van der Waals surface area contributed by atoms with Gasteiger partial charge in [-0.15, -0.1) is 0 Å². The lowest BCUT2D eigenvalue weighted by Gasteiger charge is -2.12. The highest BCUT2D eigenvalue weighted by molar-refractivity contribution is 9.10. The number of rotatable bonds is 5. The summed E-state index contributed by atoms with van der Waals surface area (Å²) in [7, 11) is 3.05. The van der Waals surface area contributed by atoms with Gasteiger partial charge in [-0.25, -0.2) is 0 Å². The van der Waals surface area contributed by atoms with Crippen LogP contribution in [0.2, 0.25) is 0 Å². The van der Waals surface area contributed by atoms with E-state index in [1.165, 1.54) is 7.11 Å². The summed E-state index contributed by atoms with van der Waals surface area (Å²) in [6.45, 7) is 1.99. The zero-order valence-electron chi connectivity index (χ0n) is 12.0. The van der Waals surface area contributed by atoms with Gasteiger partial charge in [0.1, 0.15) is 17.3 Å². The fourth-order valence-electron chi connectivity index (χ4n) is 1.93. The Morgan fingerprint density at radius 3 is 2.76 bits per heavy atom. The molecule has 1 aromatic carbocycles. The van der Waals surface area contributed by atoms with Crippen molar-refractivity contribution in [3.63, 3.8) is 0 Å². The predicted octanol–water partition coefficient (Wildman–Crippen LogP) is 3.00. The third-order valence-corrected chi connectivity index (χ3v) is 3.63. The molecule has 0 aliphatic rings. The van der Waals surface area contributed by atoms with E-state index in [4.69, 9.17) is 9.47 Å². The van der Waals surface area contributed by atoms with E-state index < -0.39 is 0 Å². The van der Waals surface area contributed by atoms with Gasteiger partial charge in [0.2, 0.25) is 0 Å². The largest absolute Gasteiger partial charge is 0.497 e. The maximum absolute atomic E-state index is 12.5. The molecule has 0 aliphatic heterocycles. The monoisotopic (exact) mass is 353 g/mol. The molecule has 0 atom stereocenters. The maximum atomic E-state index is 12.5. The Morgan fingerprint density at radius 1 is 1.38 bits per heavy atom. The number of anilines is 1. The van der Waals surface area contributed by atoms with Crippen molar-refractivity contribution in [1.82, 2.24) is 10.2 Å². The minimum Gasteiger partial charge on any atom is -0.497 e. The molecule has 7 heteroatoms. The van der Waals surface area contributed by atoms with Crippen LogP contribution in [0.5, 0.6) is 11.5 Å². The number of nitrogens with zero attached hydrogens (tertiary/aromatic N) is 1. The van der Waals surface area contributed by atoms with E-state index in [9.17, 15) is 4.79 Å². The van der Waals surface area contributed by atoms with E-state index in [0.29, 0.717) is 27.4 Å². The number of carbonyl (C=O) groups is 1. The van der Waals surface area contributed by atoms with Gasteiger partial charge in [-0.1, -0.05) is 6.92 Å². The first-order valence-corrected chi connectivity index (χ1v) is 7.15. The van der Waals surface area contributed by atoms with Gasteiger partial charge in [0.15, 0.2) is 0 Å². The van der Waals surface area contributed by atoms with Crippen molar-refractivity contribution in [2.45, 2.75) is 13.3 Å². The minimum atomic E-state index is -0.301. The molecule has 0 spiro atoms. The molecule has 0 bridgehead atoms. The lowest BCUT2D eigenvalue weighted by molar-refractivity contribution is 0.102. The second-order valence-corrected chi connectivity index (χ2v) is 5.12. The van der Waals surface area contributed by atoms with Crippen molar-refractivity contribution >= 4 is 27.7 Å². The summed E-state index contributed by atoms with van der Waals surface area (Å²) >= 11 is 3.37. The van der Waals surface area contributed by atoms with E-state index >= 15 is 0 Å². The quantitative estimate of drug-likeness (QED) is 0.866. The summed E-state index contributed by atoms with van der Waals surface area (Å²) in [6, 6.07) is 3.37. The molecule has 21 heavy (non-hydrogen) atoms. The van der Waals surface area contributed by atoms with Gasteiger partial charge in [0, 0.05) is 5.56 Å². The molecular formula is C14H16BrN3O3. The highest BCUT2D eigenvalue weighted by atomic mass is 79.9. The van der Waals surface area contributed by atoms with Crippen LogP contribution in [0.25, 0.3) is 0 Å². The number of nitrogens with one attached hydrogen (secondary N) is 2. The van der Waals surface area contributed by atoms with E-state index in [2.05, 4.69) is 31.4 Å². The van der Waals surface area contributed by atoms with Crippen molar-refractivity contribution in [1.29, 1.82) is 0 Å². The van der Waals surface area contributed by atoms with Crippen molar-refractivity contribution in [3.8, 4) is 11.5 Å². The number of aromatic amines is 1. The molecular weight excluding hydrogens is 338 g/mol. The number of halogens is 1. The van der Waals surface area contributed by atoms with Crippen LogP contribution in [0.3, 0.4) is 0 Å². The van der Waals surface area contributed by atoms with Crippen LogP contribution < -0.4 is 14.8 Å². The summed E-state index contributed by atoms with van der Waals surface area (Å²) in [5, 5.41) is 9.50. The average Bonchev–Trinajstić information content (AvgIpc) is 2.93. The van der Waals surface area contributed by atoms with Gasteiger partial charge in [-0.2, -0.15) is 5.10 Å².